The fourth-order valence-corrected chi connectivity index (χ4v) is 3.70. The van der Waals surface area contributed by atoms with Crippen molar-refractivity contribution in [3.8, 4) is 11.3 Å². The van der Waals surface area contributed by atoms with Crippen LogP contribution < -0.4 is 5.32 Å². The molecule has 2 aromatic heterocycles. The molecule has 3 aromatic rings. The highest BCUT2D eigenvalue weighted by molar-refractivity contribution is 5.75. The lowest BCUT2D eigenvalue weighted by atomic mass is 9.95. The van der Waals surface area contributed by atoms with Crippen LogP contribution in [0.2, 0.25) is 0 Å². The number of rotatable bonds is 5. The Morgan fingerprint density at radius 3 is 2.70 bits per heavy atom. The first kappa shape index (κ1) is 19.9. The van der Waals surface area contributed by atoms with Gasteiger partial charge in [0.15, 0.2) is 0 Å². The van der Waals surface area contributed by atoms with Gasteiger partial charge in [-0.25, -0.2) is 14.4 Å². The van der Waals surface area contributed by atoms with Gasteiger partial charge >= 0.3 is 0 Å². The number of anilines is 2. The van der Waals surface area contributed by atoms with Crippen LogP contribution in [0.5, 0.6) is 0 Å². The molecule has 1 aliphatic heterocycles. The predicted octanol–water partition coefficient (Wildman–Crippen LogP) is 4.54. The second-order valence-electron chi connectivity index (χ2n) is 7.38. The Labute approximate surface area is 175 Å². The third-order valence-electron chi connectivity index (χ3n) is 5.31. The third kappa shape index (κ3) is 4.62. The van der Waals surface area contributed by atoms with Gasteiger partial charge in [-0.3, -0.25) is 9.78 Å². The standard InChI is InChI=1S/C23H24FN5O/c1-2-22(30)29-11-8-16(9-12-29)23-27-20(17-5-4-10-25-15-17)14-21(28-23)26-19-7-3-6-18(24)13-19/h3-7,10,13-16H,2,8-9,11-12H2,1H3,(H,26,27,28). The molecule has 7 heteroatoms. The molecule has 0 saturated carbocycles. The summed E-state index contributed by atoms with van der Waals surface area (Å²) in [6, 6.07) is 12.0. The van der Waals surface area contributed by atoms with E-state index in [0.29, 0.717) is 31.0 Å². The van der Waals surface area contributed by atoms with E-state index in [1.54, 1.807) is 24.5 Å². The van der Waals surface area contributed by atoms with Crippen LogP contribution >= 0.6 is 0 Å². The molecule has 1 N–H and O–H groups in total. The Balaban J connectivity index is 1.63. The van der Waals surface area contributed by atoms with E-state index in [9.17, 15) is 9.18 Å². The second kappa shape index (κ2) is 8.98. The number of hydrogen-bond acceptors (Lipinski definition) is 5. The minimum absolute atomic E-state index is 0.163. The number of carbonyl (C=O) groups is 1. The fourth-order valence-electron chi connectivity index (χ4n) is 3.70. The summed E-state index contributed by atoms with van der Waals surface area (Å²) in [5.41, 5.74) is 2.28. The molecule has 1 fully saturated rings. The van der Waals surface area contributed by atoms with Crippen molar-refractivity contribution in [3.05, 3.63) is 66.5 Å². The van der Waals surface area contributed by atoms with Gasteiger partial charge < -0.3 is 10.2 Å². The topological polar surface area (TPSA) is 71.0 Å². The maximum Gasteiger partial charge on any atom is 0.222 e. The molecule has 1 aliphatic rings. The summed E-state index contributed by atoms with van der Waals surface area (Å²) in [5, 5.41) is 3.19. The Morgan fingerprint density at radius 1 is 1.17 bits per heavy atom. The molecule has 6 nitrogen and oxygen atoms in total. The first-order valence-corrected chi connectivity index (χ1v) is 10.2. The third-order valence-corrected chi connectivity index (χ3v) is 5.31. The lowest BCUT2D eigenvalue weighted by molar-refractivity contribution is -0.131. The van der Waals surface area contributed by atoms with Crippen molar-refractivity contribution in [2.75, 3.05) is 18.4 Å². The normalized spacial score (nSPS) is 14.5. The molecule has 0 unspecified atom stereocenters. The fraction of sp³-hybridized carbons (Fsp3) is 0.304. The van der Waals surface area contributed by atoms with E-state index in [2.05, 4.69) is 10.3 Å². The lowest BCUT2D eigenvalue weighted by Crippen LogP contribution is -2.37. The number of nitrogens with one attached hydrogen (secondary N) is 1. The van der Waals surface area contributed by atoms with E-state index in [0.717, 1.165) is 29.9 Å². The minimum Gasteiger partial charge on any atom is -0.343 e. The van der Waals surface area contributed by atoms with Crippen molar-refractivity contribution in [1.82, 2.24) is 19.9 Å². The number of pyridine rings is 1. The lowest BCUT2D eigenvalue weighted by Gasteiger charge is -2.31. The number of amides is 1. The van der Waals surface area contributed by atoms with Gasteiger partial charge in [0, 0.05) is 55.1 Å². The van der Waals surface area contributed by atoms with E-state index < -0.39 is 0 Å². The molecule has 1 saturated heterocycles. The Kier molecular flexibility index (Phi) is 5.97. The van der Waals surface area contributed by atoms with Crippen LogP contribution in [0.1, 0.15) is 37.9 Å². The summed E-state index contributed by atoms with van der Waals surface area (Å²) < 4.78 is 13.6. The second-order valence-corrected chi connectivity index (χ2v) is 7.38. The van der Waals surface area contributed by atoms with Gasteiger partial charge in [0.2, 0.25) is 5.91 Å². The number of aromatic nitrogens is 3. The highest BCUT2D eigenvalue weighted by Crippen LogP contribution is 2.30. The van der Waals surface area contributed by atoms with E-state index in [4.69, 9.17) is 9.97 Å². The van der Waals surface area contributed by atoms with Crippen molar-refractivity contribution in [2.24, 2.45) is 0 Å². The molecule has 0 radical (unpaired) electrons. The average molecular weight is 405 g/mol. The molecular formula is C23H24FN5O. The molecule has 3 heterocycles. The van der Waals surface area contributed by atoms with Gasteiger partial charge in [-0.1, -0.05) is 13.0 Å². The highest BCUT2D eigenvalue weighted by atomic mass is 19.1. The number of benzene rings is 1. The van der Waals surface area contributed by atoms with Gasteiger partial charge in [-0.05, 0) is 43.2 Å². The van der Waals surface area contributed by atoms with Crippen LogP contribution in [0.4, 0.5) is 15.9 Å². The summed E-state index contributed by atoms with van der Waals surface area (Å²) in [6.45, 7) is 3.31. The summed E-state index contributed by atoms with van der Waals surface area (Å²) in [4.78, 5) is 27.6. The van der Waals surface area contributed by atoms with Gasteiger partial charge in [0.25, 0.3) is 0 Å². The smallest absolute Gasteiger partial charge is 0.222 e. The Morgan fingerprint density at radius 2 is 2.00 bits per heavy atom. The van der Waals surface area contributed by atoms with Gasteiger partial charge in [0.1, 0.15) is 17.5 Å². The monoisotopic (exact) mass is 405 g/mol. The number of nitrogens with zero attached hydrogens (tertiary/aromatic N) is 4. The van der Waals surface area contributed by atoms with Crippen molar-refractivity contribution in [1.29, 1.82) is 0 Å². The summed E-state index contributed by atoms with van der Waals surface area (Å²) in [5.74, 6) is 1.38. The van der Waals surface area contributed by atoms with E-state index in [1.807, 2.05) is 30.0 Å². The average Bonchev–Trinajstić information content (AvgIpc) is 2.79. The molecule has 0 aliphatic carbocycles. The molecule has 0 bridgehead atoms. The zero-order valence-electron chi connectivity index (χ0n) is 16.9. The van der Waals surface area contributed by atoms with Crippen LogP contribution in [0, 0.1) is 5.82 Å². The van der Waals surface area contributed by atoms with Crippen LogP contribution in [-0.2, 0) is 4.79 Å². The quantitative estimate of drug-likeness (QED) is 0.675. The van der Waals surface area contributed by atoms with Gasteiger partial charge in [-0.2, -0.15) is 0 Å². The summed E-state index contributed by atoms with van der Waals surface area (Å²) in [7, 11) is 0. The zero-order valence-corrected chi connectivity index (χ0v) is 16.9. The molecule has 154 valence electrons. The zero-order chi connectivity index (χ0) is 20.9. The van der Waals surface area contributed by atoms with E-state index >= 15 is 0 Å². The number of likely N-dealkylation sites (tertiary alicyclic amines) is 1. The number of carbonyl (C=O) groups excluding carboxylic acids is 1. The first-order valence-electron chi connectivity index (χ1n) is 10.2. The van der Waals surface area contributed by atoms with E-state index in [-0.39, 0.29) is 17.6 Å². The molecule has 1 amide bonds. The molecule has 0 spiro atoms. The summed E-state index contributed by atoms with van der Waals surface area (Å²) >= 11 is 0. The van der Waals surface area contributed by atoms with Crippen LogP contribution in [0.15, 0.2) is 54.9 Å². The van der Waals surface area contributed by atoms with Crippen LogP contribution in [0.3, 0.4) is 0 Å². The minimum atomic E-state index is -0.310. The van der Waals surface area contributed by atoms with Crippen LogP contribution in [-0.4, -0.2) is 38.8 Å². The largest absolute Gasteiger partial charge is 0.343 e. The molecular weight excluding hydrogens is 381 g/mol. The highest BCUT2D eigenvalue weighted by Gasteiger charge is 2.25. The van der Waals surface area contributed by atoms with Crippen molar-refractivity contribution in [2.45, 2.75) is 32.1 Å². The predicted molar refractivity (Wildman–Crippen MR) is 114 cm³/mol. The molecule has 1 aromatic carbocycles. The SMILES string of the molecule is CCC(=O)N1CCC(c2nc(Nc3cccc(F)c3)cc(-c3cccnc3)n2)CC1. The van der Waals surface area contributed by atoms with Gasteiger partial charge in [0.05, 0.1) is 5.69 Å². The van der Waals surface area contributed by atoms with E-state index in [1.165, 1.54) is 12.1 Å². The number of piperidine rings is 1. The van der Waals surface area contributed by atoms with Gasteiger partial charge in [-0.15, -0.1) is 0 Å². The summed E-state index contributed by atoms with van der Waals surface area (Å²) in [6.07, 6.45) is 5.65. The van der Waals surface area contributed by atoms with Crippen molar-refractivity contribution < 1.29 is 9.18 Å². The molecule has 30 heavy (non-hydrogen) atoms. The Bertz CT molecular complexity index is 1020. The molecule has 4 rings (SSSR count). The maximum atomic E-state index is 13.6. The van der Waals surface area contributed by atoms with Crippen molar-refractivity contribution >= 4 is 17.4 Å². The maximum absolute atomic E-state index is 13.6. The number of halogens is 1. The number of hydrogen-bond donors (Lipinski definition) is 1. The first-order chi connectivity index (χ1) is 14.6. The van der Waals surface area contributed by atoms with Crippen LogP contribution in [0.25, 0.3) is 11.3 Å². The van der Waals surface area contributed by atoms with Crippen molar-refractivity contribution in [3.63, 3.8) is 0 Å². The Hall–Kier alpha value is -3.35. The molecule has 0 atom stereocenters.